The van der Waals surface area contributed by atoms with Crippen LogP contribution in [0.5, 0.6) is 0 Å². The molecular formula is C30H33FN6. The first-order valence-corrected chi connectivity index (χ1v) is 13.0. The van der Waals surface area contributed by atoms with Gasteiger partial charge in [-0.3, -0.25) is 0 Å². The van der Waals surface area contributed by atoms with Crippen molar-refractivity contribution in [3.05, 3.63) is 71.3 Å². The number of hydrogen-bond acceptors (Lipinski definition) is 4. The van der Waals surface area contributed by atoms with Crippen LogP contribution in [0.25, 0.3) is 33.6 Å². The van der Waals surface area contributed by atoms with Crippen molar-refractivity contribution in [3.8, 4) is 46.5 Å². The molecule has 4 N–H and O–H groups in total. The number of halogens is 1. The highest BCUT2D eigenvalue weighted by Crippen LogP contribution is 2.37. The van der Waals surface area contributed by atoms with Crippen molar-refractivity contribution in [1.82, 2.24) is 30.6 Å². The Balaban J connectivity index is 0.00000137. The summed E-state index contributed by atoms with van der Waals surface area (Å²) in [5.74, 6) is 1.63. The third-order valence-corrected chi connectivity index (χ3v) is 7.13. The average molecular weight is 497 g/mol. The molecule has 1 atom stereocenters. The van der Waals surface area contributed by atoms with Gasteiger partial charge in [-0.1, -0.05) is 31.2 Å². The van der Waals surface area contributed by atoms with E-state index in [-0.39, 0.29) is 5.82 Å². The number of benzene rings is 2. The second-order valence-corrected chi connectivity index (χ2v) is 9.59. The smallest absolute Gasteiger partial charge is 0.133 e. The van der Waals surface area contributed by atoms with E-state index in [4.69, 9.17) is 4.98 Å². The Bertz CT molecular complexity index is 1390. The van der Waals surface area contributed by atoms with Gasteiger partial charge in [0.15, 0.2) is 0 Å². The van der Waals surface area contributed by atoms with Crippen LogP contribution in [0.15, 0.2) is 42.6 Å². The standard InChI is InChI=1S/C28H31FN6.C2H2/c1-2-11-30-16-26-32-15-25(33-26)21-9-6-18(14-22(21)29)17-5-8-20-19(13-17)7-10-23-27(20)35-28(34-23)24-4-3-12-31-24;1-2/h5-6,8-9,13-15,24,30-31H,2-4,7,10-12,16H2,1H3,(H,32,33)(H,34,35);1-2H/t24-;/m0./s1. The Hall–Kier alpha value is -3.73. The van der Waals surface area contributed by atoms with Crippen LogP contribution in [-0.2, 0) is 19.4 Å². The molecule has 4 aromatic rings. The summed E-state index contributed by atoms with van der Waals surface area (Å²) in [4.78, 5) is 16.2. The Morgan fingerprint density at radius 2 is 1.86 bits per heavy atom. The zero-order valence-corrected chi connectivity index (χ0v) is 21.2. The van der Waals surface area contributed by atoms with Crippen molar-refractivity contribution in [3.63, 3.8) is 0 Å². The van der Waals surface area contributed by atoms with E-state index in [0.717, 1.165) is 67.2 Å². The molecule has 6 rings (SSSR count). The number of terminal acetylenes is 1. The van der Waals surface area contributed by atoms with Crippen molar-refractivity contribution < 1.29 is 4.39 Å². The van der Waals surface area contributed by atoms with Gasteiger partial charge in [0.25, 0.3) is 0 Å². The van der Waals surface area contributed by atoms with E-state index in [1.807, 2.05) is 12.1 Å². The van der Waals surface area contributed by atoms with Crippen molar-refractivity contribution in [2.75, 3.05) is 13.1 Å². The molecule has 190 valence electrons. The highest BCUT2D eigenvalue weighted by molar-refractivity contribution is 5.76. The summed E-state index contributed by atoms with van der Waals surface area (Å²) < 4.78 is 15.1. The van der Waals surface area contributed by atoms with Gasteiger partial charge in [-0.05, 0) is 74.0 Å². The van der Waals surface area contributed by atoms with Gasteiger partial charge in [-0.25, -0.2) is 14.4 Å². The minimum Gasteiger partial charge on any atom is -0.344 e. The maximum absolute atomic E-state index is 15.1. The fraction of sp³-hybridized carbons (Fsp3) is 0.333. The van der Waals surface area contributed by atoms with Gasteiger partial charge in [-0.15, -0.1) is 12.8 Å². The maximum Gasteiger partial charge on any atom is 0.133 e. The molecule has 1 saturated heterocycles. The molecule has 0 unspecified atom stereocenters. The van der Waals surface area contributed by atoms with Crippen molar-refractivity contribution in [2.24, 2.45) is 0 Å². The highest BCUT2D eigenvalue weighted by Gasteiger charge is 2.25. The molecule has 0 amide bonds. The van der Waals surface area contributed by atoms with Crippen molar-refractivity contribution in [2.45, 2.75) is 51.6 Å². The molecule has 1 aliphatic heterocycles. The third kappa shape index (κ3) is 5.08. The molecule has 37 heavy (non-hydrogen) atoms. The van der Waals surface area contributed by atoms with E-state index >= 15 is 4.39 Å². The molecule has 0 saturated carbocycles. The molecule has 2 aliphatic rings. The second-order valence-electron chi connectivity index (χ2n) is 9.59. The van der Waals surface area contributed by atoms with Crippen LogP contribution in [0.1, 0.15) is 55.1 Å². The summed E-state index contributed by atoms with van der Waals surface area (Å²) >= 11 is 0. The number of nitrogens with one attached hydrogen (secondary N) is 4. The van der Waals surface area contributed by atoms with E-state index in [1.165, 1.54) is 23.2 Å². The molecule has 6 nitrogen and oxygen atoms in total. The number of aromatic nitrogens is 4. The number of rotatable bonds is 7. The van der Waals surface area contributed by atoms with Crippen LogP contribution in [0.4, 0.5) is 4.39 Å². The Morgan fingerprint density at radius 1 is 1.05 bits per heavy atom. The van der Waals surface area contributed by atoms with Crippen LogP contribution in [-0.4, -0.2) is 33.0 Å². The summed E-state index contributed by atoms with van der Waals surface area (Å²) in [6, 6.07) is 12.2. The van der Waals surface area contributed by atoms with E-state index in [1.54, 1.807) is 12.3 Å². The van der Waals surface area contributed by atoms with Gasteiger partial charge in [0.1, 0.15) is 17.5 Å². The molecule has 2 aromatic heterocycles. The average Bonchev–Trinajstić information content (AvgIpc) is 3.70. The number of hydrogen-bond donors (Lipinski definition) is 4. The number of H-pyrrole nitrogens is 2. The maximum atomic E-state index is 15.1. The van der Waals surface area contributed by atoms with Crippen LogP contribution in [0, 0.1) is 18.7 Å². The Kier molecular flexibility index (Phi) is 7.50. The highest BCUT2D eigenvalue weighted by atomic mass is 19.1. The normalized spacial score (nSPS) is 16.1. The topological polar surface area (TPSA) is 81.4 Å². The van der Waals surface area contributed by atoms with Gasteiger partial charge in [0.05, 0.1) is 30.2 Å². The number of nitrogens with zero attached hydrogens (tertiary/aromatic N) is 2. The number of aryl methyl sites for hydroxylation is 2. The molecule has 0 spiro atoms. The fourth-order valence-electron chi connectivity index (χ4n) is 5.27. The fourth-order valence-corrected chi connectivity index (χ4v) is 5.27. The molecule has 1 fully saturated rings. The molecule has 2 aromatic carbocycles. The van der Waals surface area contributed by atoms with E-state index in [0.29, 0.717) is 23.8 Å². The van der Waals surface area contributed by atoms with Crippen molar-refractivity contribution >= 4 is 0 Å². The zero-order valence-electron chi connectivity index (χ0n) is 21.2. The molecule has 7 heteroatoms. The summed E-state index contributed by atoms with van der Waals surface area (Å²) in [7, 11) is 0. The monoisotopic (exact) mass is 496 g/mol. The summed E-state index contributed by atoms with van der Waals surface area (Å²) in [5.41, 5.74) is 7.91. The summed E-state index contributed by atoms with van der Waals surface area (Å²) in [6.45, 7) is 4.77. The Labute approximate surface area is 217 Å². The minimum atomic E-state index is -0.250. The lowest BCUT2D eigenvalue weighted by Crippen LogP contribution is -2.14. The molecular weight excluding hydrogens is 463 g/mol. The quantitative estimate of drug-likeness (QED) is 0.200. The lowest BCUT2D eigenvalue weighted by Gasteiger charge is -2.16. The van der Waals surface area contributed by atoms with Crippen LogP contribution in [0.3, 0.4) is 0 Å². The van der Waals surface area contributed by atoms with Crippen LogP contribution >= 0.6 is 0 Å². The van der Waals surface area contributed by atoms with Gasteiger partial charge in [0, 0.05) is 16.8 Å². The third-order valence-electron chi connectivity index (χ3n) is 7.13. The van der Waals surface area contributed by atoms with Gasteiger partial charge < -0.3 is 20.6 Å². The minimum absolute atomic E-state index is 0.250. The Morgan fingerprint density at radius 3 is 2.62 bits per heavy atom. The largest absolute Gasteiger partial charge is 0.344 e. The van der Waals surface area contributed by atoms with Gasteiger partial charge >= 0.3 is 0 Å². The molecule has 1 aliphatic carbocycles. The first kappa shape index (κ1) is 24.9. The zero-order chi connectivity index (χ0) is 25.8. The van der Waals surface area contributed by atoms with Gasteiger partial charge in [0.2, 0.25) is 0 Å². The summed E-state index contributed by atoms with van der Waals surface area (Å²) in [6.07, 6.45) is 15.0. The van der Waals surface area contributed by atoms with Crippen LogP contribution < -0.4 is 10.6 Å². The number of fused-ring (bicyclic) bond motifs is 3. The predicted molar refractivity (Wildman–Crippen MR) is 146 cm³/mol. The van der Waals surface area contributed by atoms with E-state index < -0.39 is 0 Å². The second kappa shape index (κ2) is 11.1. The van der Waals surface area contributed by atoms with E-state index in [9.17, 15) is 0 Å². The van der Waals surface area contributed by atoms with Gasteiger partial charge in [-0.2, -0.15) is 0 Å². The van der Waals surface area contributed by atoms with Crippen molar-refractivity contribution in [1.29, 1.82) is 0 Å². The summed E-state index contributed by atoms with van der Waals surface area (Å²) in [5, 5.41) is 6.84. The molecule has 3 heterocycles. The SMILES string of the molecule is C#C.CCCNCc1ncc(-c2ccc(-c3ccc4c(c3)CCc3[nH]c([C@@H]5CCCN5)nc3-4)cc2F)[nH]1. The molecule has 0 bridgehead atoms. The first-order chi connectivity index (χ1) is 18.2. The molecule has 0 radical (unpaired) electrons. The van der Waals surface area contributed by atoms with E-state index in [2.05, 4.69) is 63.6 Å². The lowest BCUT2D eigenvalue weighted by atomic mass is 9.89. The predicted octanol–water partition coefficient (Wildman–Crippen LogP) is 5.55. The number of aromatic amines is 2. The van der Waals surface area contributed by atoms with Crippen LogP contribution in [0.2, 0.25) is 0 Å². The number of imidazole rings is 2. The lowest BCUT2D eigenvalue weighted by molar-refractivity contribution is 0.611. The first-order valence-electron chi connectivity index (χ1n) is 13.0.